The molecule has 152 valence electrons. The molecule has 0 N–H and O–H groups in total. The number of hydrogen-bond donors (Lipinski definition) is 0. The van der Waals surface area contributed by atoms with Gasteiger partial charge >= 0.3 is 0 Å². The zero-order chi connectivity index (χ0) is 20.2. The Bertz CT molecular complexity index is 867. The van der Waals surface area contributed by atoms with Gasteiger partial charge in [0.15, 0.2) is 0 Å². The van der Waals surface area contributed by atoms with Gasteiger partial charge < -0.3 is 14.2 Å². The number of Topliss-reactive ketones (excluding diaryl/α,β-unsaturated/α-hetero) is 1. The first-order chi connectivity index (χ1) is 14.1. The van der Waals surface area contributed by atoms with E-state index in [1.807, 2.05) is 24.3 Å². The van der Waals surface area contributed by atoms with Crippen LogP contribution in [0.3, 0.4) is 0 Å². The Morgan fingerprint density at radius 2 is 1.72 bits per heavy atom. The molecular formula is C25H28O4. The van der Waals surface area contributed by atoms with Gasteiger partial charge in [-0.05, 0) is 49.4 Å². The fourth-order valence-electron chi connectivity index (χ4n) is 3.98. The van der Waals surface area contributed by atoms with Crippen molar-refractivity contribution in [2.45, 2.75) is 58.3 Å². The molecule has 0 saturated heterocycles. The van der Waals surface area contributed by atoms with Gasteiger partial charge in [-0.2, -0.15) is 0 Å². The Kier molecular flexibility index (Phi) is 6.00. The molecule has 1 aliphatic carbocycles. The number of carbonyl (C=O) groups excluding carboxylic acids is 1. The van der Waals surface area contributed by atoms with E-state index in [1.54, 1.807) is 0 Å². The Hall–Kier alpha value is -2.59. The summed E-state index contributed by atoms with van der Waals surface area (Å²) in [5, 5.41) is 0. The van der Waals surface area contributed by atoms with Gasteiger partial charge in [0.1, 0.15) is 18.1 Å². The normalized spacial score (nSPS) is 23.7. The van der Waals surface area contributed by atoms with E-state index in [0.717, 1.165) is 25.7 Å². The summed E-state index contributed by atoms with van der Waals surface area (Å²) < 4.78 is 17.8. The van der Waals surface area contributed by atoms with Gasteiger partial charge in [-0.25, -0.2) is 0 Å². The first kappa shape index (κ1) is 19.7. The Morgan fingerprint density at radius 1 is 1.00 bits per heavy atom. The third-order valence-corrected chi connectivity index (χ3v) is 5.84. The monoisotopic (exact) mass is 392 g/mol. The highest BCUT2D eigenvalue weighted by Gasteiger charge is 2.41. The van der Waals surface area contributed by atoms with Crippen molar-refractivity contribution in [3.8, 4) is 5.75 Å². The number of aryl methyl sites for hydroxylation is 2. The number of ether oxygens (including phenoxy) is 3. The predicted octanol–water partition coefficient (Wildman–Crippen LogP) is 5.13. The number of hydrogen-bond acceptors (Lipinski definition) is 4. The van der Waals surface area contributed by atoms with Crippen LogP contribution in [0.15, 0.2) is 60.6 Å². The average molecular weight is 392 g/mol. The molecule has 4 nitrogen and oxygen atoms in total. The van der Waals surface area contributed by atoms with Crippen molar-refractivity contribution in [2.24, 2.45) is 5.92 Å². The quantitative estimate of drug-likeness (QED) is 0.684. The van der Waals surface area contributed by atoms with Crippen LogP contribution in [-0.4, -0.2) is 18.0 Å². The third-order valence-electron chi connectivity index (χ3n) is 5.84. The van der Waals surface area contributed by atoms with Crippen molar-refractivity contribution in [1.82, 2.24) is 0 Å². The van der Waals surface area contributed by atoms with Crippen LogP contribution in [0.1, 0.15) is 42.9 Å². The van der Waals surface area contributed by atoms with E-state index < -0.39 is 0 Å². The lowest BCUT2D eigenvalue weighted by molar-refractivity contribution is -0.134. The van der Waals surface area contributed by atoms with Crippen molar-refractivity contribution >= 4 is 5.78 Å². The molecule has 29 heavy (non-hydrogen) atoms. The highest BCUT2D eigenvalue weighted by atomic mass is 16.5. The van der Waals surface area contributed by atoms with Crippen molar-refractivity contribution in [3.63, 3.8) is 0 Å². The second-order valence-corrected chi connectivity index (χ2v) is 7.96. The molecule has 4 heteroatoms. The van der Waals surface area contributed by atoms with Gasteiger partial charge in [0.25, 0.3) is 0 Å². The van der Waals surface area contributed by atoms with Crippen LogP contribution >= 0.6 is 0 Å². The summed E-state index contributed by atoms with van der Waals surface area (Å²) in [6.45, 7) is 4.78. The van der Waals surface area contributed by atoms with Crippen LogP contribution < -0.4 is 4.74 Å². The number of carbonyl (C=O) groups is 1. The van der Waals surface area contributed by atoms with Gasteiger partial charge in [0.05, 0.1) is 18.6 Å². The molecule has 3 unspecified atom stereocenters. The largest absolute Gasteiger partial charge is 0.493 e. The van der Waals surface area contributed by atoms with Crippen molar-refractivity contribution in [2.75, 3.05) is 0 Å². The number of benzene rings is 2. The zero-order valence-corrected chi connectivity index (χ0v) is 17.1. The van der Waals surface area contributed by atoms with E-state index in [2.05, 4.69) is 38.1 Å². The molecule has 0 radical (unpaired) electrons. The minimum Gasteiger partial charge on any atom is -0.493 e. The molecule has 3 atom stereocenters. The van der Waals surface area contributed by atoms with Gasteiger partial charge in [0, 0.05) is 6.42 Å². The second kappa shape index (κ2) is 8.83. The second-order valence-electron chi connectivity index (χ2n) is 7.96. The smallest absolute Gasteiger partial charge is 0.207 e. The maximum atomic E-state index is 12.9. The molecular weight excluding hydrogens is 364 g/mol. The van der Waals surface area contributed by atoms with E-state index >= 15 is 0 Å². The van der Waals surface area contributed by atoms with Crippen molar-refractivity contribution < 1.29 is 19.0 Å². The van der Waals surface area contributed by atoms with Crippen LogP contribution in [0.4, 0.5) is 0 Å². The maximum absolute atomic E-state index is 12.9. The predicted molar refractivity (Wildman–Crippen MR) is 112 cm³/mol. The molecule has 0 amide bonds. The van der Waals surface area contributed by atoms with Crippen LogP contribution in [0, 0.1) is 12.8 Å². The molecule has 1 saturated carbocycles. The lowest BCUT2D eigenvalue weighted by atomic mass is 9.80. The van der Waals surface area contributed by atoms with Crippen LogP contribution in [0.2, 0.25) is 0 Å². The lowest BCUT2D eigenvalue weighted by Gasteiger charge is -2.37. The topological polar surface area (TPSA) is 44.8 Å². The molecule has 0 aromatic heterocycles. The van der Waals surface area contributed by atoms with Crippen LogP contribution in [0.25, 0.3) is 0 Å². The number of ketones is 1. The number of rotatable bonds is 6. The summed E-state index contributed by atoms with van der Waals surface area (Å²) in [6.07, 6.45) is 4.80. The molecule has 1 aliphatic heterocycles. The molecule has 0 bridgehead atoms. The van der Waals surface area contributed by atoms with Crippen molar-refractivity contribution in [3.05, 3.63) is 77.2 Å². The highest BCUT2D eigenvalue weighted by Crippen LogP contribution is 2.35. The summed E-state index contributed by atoms with van der Waals surface area (Å²) >= 11 is 0. The molecule has 2 aromatic carbocycles. The molecule has 0 spiro atoms. The van der Waals surface area contributed by atoms with Gasteiger partial charge in [0.2, 0.25) is 11.5 Å². The summed E-state index contributed by atoms with van der Waals surface area (Å²) in [4.78, 5) is 12.9. The van der Waals surface area contributed by atoms with Crippen molar-refractivity contribution in [1.29, 1.82) is 0 Å². The highest BCUT2D eigenvalue weighted by molar-refractivity contribution is 5.96. The fraction of sp³-hybridized carbons (Fsp3) is 0.400. The SMILES string of the molecule is CCc1ccc(OC2=COC3CC(OCc4ccc(C)cc4)CCC3C2=O)cc1. The zero-order valence-electron chi connectivity index (χ0n) is 17.1. The molecule has 2 aromatic rings. The van der Waals surface area contributed by atoms with Gasteiger partial charge in [-0.1, -0.05) is 48.9 Å². The summed E-state index contributed by atoms with van der Waals surface area (Å²) in [5.41, 5.74) is 3.65. The van der Waals surface area contributed by atoms with E-state index in [1.165, 1.54) is 23.0 Å². The maximum Gasteiger partial charge on any atom is 0.207 e. The minimum absolute atomic E-state index is 0.0396. The summed E-state index contributed by atoms with van der Waals surface area (Å²) in [5.74, 6) is 0.857. The lowest BCUT2D eigenvalue weighted by Crippen LogP contribution is -2.42. The summed E-state index contributed by atoms with van der Waals surface area (Å²) in [6, 6.07) is 16.2. The molecule has 1 heterocycles. The fourth-order valence-corrected chi connectivity index (χ4v) is 3.98. The molecule has 1 fully saturated rings. The summed E-state index contributed by atoms with van der Waals surface area (Å²) in [7, 11) is 0. The first-order valence-corrected chi connectivity index (χ1v) is 10.5. The van der Waals surface area contributed by atoms with E-state index in [0.29, 0.717) is 18.1 Å². The Morgan fingerprint density at radius 3 is 2.45 bits per heavy atom. The van der Waals surface area contributed by atoms with E-state index in [4.69, 9.17) is 14.2 Å². The number of allylic oxidation sites excluding steroid dienone is 1. The molecule has 2 aliphatic rings. The van der Waals surface area contributed by atoms with E-state index in [9.17, 15) is 4.79 Å². The Balaban J connectivity index is 1.33. The number of fused-ring (bicyclic) bond motifs is 1. The first-order valence-electron chi connectivity index (χ1n) is 10.5. The van der Waals surface area contributed by atoms with Crippen LogP contribution in [-0.2, 0) is 27.3 Å². The van der Waals surface area contributed by atoms with Crippen LogP contribution in [0.5, 0.6) is 5.75 Å². The van der Waals surface area contributed by atoms with E-state index in [-0.39, 0.29) is 23.9 Å². The third kappa shape index (κ3) is 4.70. The minimum atomic E-state index is -0.149. The molecule has 4 rings (SSSR count). The van der Waals surface area contributed by atoms with Gasteiger partial charge in [-0.15, -0.1) is 0 Å². The Labute approximate surface area is 172 Å². The standard InChI is InChI=1S/C25H28O4/c1-3-18-8-10-20(11-9-18)29-24-16-28-23-14-21(12-13-22(23)25(24)26)27-15-19-6-4-17(2)5-7-19/h4-11,16,21-23H,3,12-15H2,1-2H3. The van der Waals surface area contributed by atoms with Gasteiger partial charge in [-0.3, -0.25) is 4.79 Å². The average Bonchev–Trinajstić information content (AvgIpc) is 2.76.